The van der Waals surface area contributed by atoms with E-state index < -0.39 is 22.8 Å². The van der Waals surface area contributed by atoms with Gasteiger partial charge in [-0.05, 0) is 175 Å². The fraction of sp³-hybridized carbons (Fsp3) is 0.620. The number of carboxylic acid groups (broad SMARTS) is 1. The summed E-state index contributed by atoms with van der Waals surface area (Å²) in [5.41, 5.74) is 8.37. The monoisotopic (exact) mass is 1220 g/mol. The van der Waals surface area contributed by atoms with Crippen molar-refractivity contribution in [1.82, 2.24) is 0 Å². The highest BCUT2D eigenvalue weighted by Gasteiger charge is 2.32. The second-order valence-electron chi connectivity index (χ2n) is 23.5. The van der Waals surface area contributed by atoms with Crippen LogP contribution in [-0.2, 0) is 38.8 Å². The zero-order chi connectivity index (χ0) is 59.3. The maximum absolute atomic E-state index is 11.8. The van der Waals surface area contributed by atoms with Crippen molar-refractivity contribution in [2.75, 3.05) is 21.3 Å². The van der Waals surface area contributed by atoms with E-state index in [1.165, 1.54) is 80.4 Å². The van der Waals surface area contributed by atoms with Crippen LogP contribution in [0.25, 0.3) is 0 Å². The first kappa shape index (κ1) is 106. The predicted molar refractivity (Wildman–Crippen MR) is 391 cm³/mol. The third-order valence-corrected chi connectivity index (χ3v) is 16.0. The number of ether oxygens (including phenoxy) is 3. The number of hydrogen-bond donors (Lipinski definition) is 1. The number of benzene rings is 4. The summed E-state index contributed by atoms with van der Waals surface area (Å²) in [5, 5.41) is 8.93. The molecule has 8 heteroatoms. The van der Waals surface area contributed by atoms with E-state index in [1.807, 2.05) is 34.6 Å². The molecule has 0 fully saturated rings. The topological polar surface area (TPSA) is 116 Å². The van der Waals surface area contributed by atoms with E-state index in [0.717, 1.165) is 24.8 Å². The highest BCUT2D eigenvalue weighted by Crippen LogP contribution is 2.38. The number of carboxylic acids is 1. The number of methoxy groups -OCH3 is 3. The van der Waals surface area contributed by atoms with Crippen molar-refractivity contribution < 1.29 is 38.5 Å². The molecule has 0 amide bonds. The normalized spacial score (nSPS) is 12.7. The molecule has 4 aromatic rings. The Bertz CT molecular complexity index is 2330. The van der Waals surface area contributed by atoms with Gasteiger partial charge >= 0.3 is 23.9 Å². The van der Waals surface area contributed by atoms with E-state index in [9.17, 15) is 19.2 Å². The molecule has 0 saturated carbocycles. The van der Waals surface area contributed by atoms with E-state index in [4.69, 9.17) is 9.84 Å². The lowest BCUT2D eigenvalue weighted by Crippen LogP contribution is -2.27. The van der Waals surface area contributed by atoms with Crippen LogP contribution in [0.15, 0.2) is 120 Å². The highest BCUT2D eigenvalue weighted by molar-refractivity contribution is 5.88. The zero-order valence-electron chi connectivity index (χ0n) is 52.2. The average molecular weight is 1220 g/mol. The summed E-state index contributed by atoms with van der Waals surface area (Å²) in [5.74, 6) is 1.33. The number of allylic oxidation sites excluding steroid dienone is 1. The van der Waals surface area contributed by atoms with E-state index >= 15 is 0 Å². The molecular formula is C79H146O8. The van der Waals surface area contributed by atoms with Crippen LogP contribution in [0.5, 0.6) is 0 Å². The first-order valence-electron chi connectivity index (χ1n) is 28.4. The fourth-order valence-corrected chi connectivity index (χ4v) is 8.76. The molecule has 510 valence electrons. The van der Waals surface area contributed by atoms with Crippen molar-refractivity contribution in [2.45, 2.75) is 292 Å². The predicted octanol–water partition coefficient (Wildman–Crippen LogP) is 25.1. The lowest BCUT2D eigenvalue weighted by molar-refractivity contribution is -0.151. The summed E-state index contributed by atoms with van der Waals surface area (Å²) in [6, 6.07) is 39.8. The van der Waals surface area contributed by atoms with Crippen LogP contribution in [0, 0.1) is 16.2 Å². The van der Waals surface area contributed by atoms with Gasteiger partial charge in [0.25, 0.3) is 0 Å². The van der Waals surface area contributed by atoms with Crippen molar-refractivity contribution >= 4 is 23.9 Å². The van der Waals surface area contributed by atoms with Crippen LogP contribution in [0.3, 0.4) is 0 Å². The molecule has 4 aromatic carbocycles. The van der Waals surface area contributed by atoms with Crippen molar-refractivity contribution in [3.63, 3.8) is 0 Å². The molecule has 0 spiro atoms. The highest BCUT2D eigenvalue weighted by atomic mass is 16.5. The molecular weight excluding hydrogens is 1080 g/mol. The van der Waals surface area contributed by atoms with E-state index in [-0.39, 0.29) is 97.0 Å². The molecule has 0 aromatic heterocycles. The van der Waals surface area contributed by atoms with Gasteiger partial charge in [0, 0.05) is 5.57 Å². The summed E-state index contributed by atoms with van der Waals surface area (Å²) >= 11 is 0. The Labute approximate surface area is 543 Å². The maximum Gasteiger partial charge on any atom is 0.333 e. The Balaban J connectivity index is -0.0000000929. The van der Waals surface area contributed by atoms with Crippen LogP contribution in [0.2, 0.25) is 0 Å². The summed E-state index contributed by atoms with van der Waals surface area (Å²) < 4.78 is 14.0. The Morgan fingerprint density at radius 3 is 0.977 bits per heavy atom. The summed E-state index contributed by atoms with van der Waals surface area (Å²) in [4.78, 5) is 44.7. The van der Waals surface area contributed by atoms with Gasteiger partial charge < -0.3 is 19.3 Å². The molecule has 0 aliphatic heterocycles. The number of hydrogen-bond acceptors (Lipinski definition) is 7. The lowest BCUT2D eigenvalue weighted by atomic mass is 9.72. The Hall–Kier alpha value is -5.50. The van der Waals surface area contributed by atoms with E-state index in [0.29, 0.717) is 41.6 Å². The van der Waals surface area contributed by atoms with Gasteiger partial charge in [-0.3, -0.25) is 14.4 Å². The summed E-state index contributed by atoms with van der Waals surface area (Å²) in [6.45, 7) is 39.0. The van der Waals surface area contributed by atoms with Crippen molar-refractivity contribution in [1.29, 1.82) is 0 Å². The molecule has 0 heterocycles. The molecule has 6 atom stereocenters. The average Bonchev–Trinajstić information content (AvgIpc) is 3.44. The summed E-state index contributed by atoms with van der Waals surface area (Å²) in [6.07, 6.45) is 7.90. The molecule has 0 bridgehead atoms. The zero-order valence-corrected chi connectivity index (χ0v) is 52.2. The molecule has 6 unspecified atom stereocenters. The number of carbonyl (C=O) groups excluding carboxylic acids is 3. The molecule has 87 heavy (non-hydrogen) atoms. The largest absolute Gasteiger partial charge is 0.481 e. The molecule has 0 radical (unpaired) electrons. The lowest BCUT2D eigenvalue weighted by Gasteiger charge is -2.32. The molecule has 0 aliphatic carbocycles. The van der Waals surface area contributed by atoms with Crippen LogP contribution >= 0.6 is 0 Å². The van der Waals surface area contributed by atoms with Gasteiger partial charge in [0.1, 0.15) is 0 Å². The smallest absolute Gasteiger partial charge is 0.333 e. The number of aliphatic carboxylic acids is 1. The number of esters is 3. The first-order chi connectivity index (χ1) is 35.9. The van der Waals surface area contributed by atoms with Crippen molar-refractivity contribution in [3.05, 3.63) is 154 Å². The third-order valence-electron chi connectivity index (χ3n) is 16.0. The minimum Gasteiger partial charge on any atom is -0.481 e. The number of carbonyl (C=O) groups is 4. The van der Waals surface area contributed by atoms with Gasteiger partial charge in [0.05, 0.1) is 37.6 Å². The Morgan fingerprint density at radius 1 is 0.402 bits per heavy atom. The molecule has 1 N–H and O–H groups in total. The van der Waals surface area contributed by atoms with Crippen molar-refractivity contribution in [3.8, 4) is 0 Å². The molecule has 8 nitrogen and oxygen atoms in total. The van der Waals surface area contributed by atoms with Gasteiger partial charge in [-0.15, -0.1) is 0 Å². The first-order valence-corrected chi connectivity index (χ1v) is 28.4. The SMILES string of the molecule is C.C.C.C.C.C.C.C.C.C.CCC(C)(C)C(=O)OC.CCC(C)c1ccc(C(C)CC(C)(C)C(=O)OC)cc1.CCC(C)c1ccc(C(C)CC(C)(CC)c2ccccc2)cc1.CCC(C)c1ccccc1.COC(=O)/C(C)=C(/C)CC(C)(C)C(=O)O. The van der Waals surface area contributed by atoms with Crippen LogP contribution < -0.4 is 0 Å². The Morgan fingerprint density at radius 2 is 0.701 bits per heavy atom. The number of rotatable bonds is 21. The van der Waals surface area contributed by atoms with Crippen LogP contribution in [0.1, 0.15) is 320 Å². The second-order valence-corrected chi connectivity index (χ2v) is 23.5. The molecule has 4 rings (SSSR count). The van der Waals surface area contributed by atoms with Gasteiger partial charge in [0.2, 0.25) is 0 Å². The quantitative estimate of drug-likeness (QED) is 0.0498. The van der Waals surface area contributed by atoms with Crippen LogP contribution in [-0.4, -0.2) is 50.3 Å². The van der Waals surface area contributed by atoms with Gasteiger partial charge in [-0.2, -0.15) is 0 Å². The molecule has 0 aliphatic rings. The van der Waals surface area contributed by atoms with Crippen molar-refractivity contribution in [2.24, 2.45) is 16.2 Å². The fourth-order valence-electron chi connectivity index (χ4n) is 8.76. The van der Waals surface area contributed by atoms with Gasteiger partial charge in [-0.1, -0.05) is 265 Å². The van der Waals surface area contributed by atoms with Crippen LogP contribution in [0.4, 0.5) is 0 Å². The van der Waals surface area contributed by atoms with Gasteiger partial charge in [0.15, 0.2) is 0 Å². The minimum atomic E-state index is -0.875. The third kappa shape index (κ3) is 37.2. The summed E-state index contributed by atoms with van der Waals surface area (Å²) in [7, 11) is 4.18. The van der Waals surface area contributed by atoms with Gasteiger partial charge in [-0.25, -0.2) is 4.79 Å². The standard InChI is InChI=1S/C23H32.C18H28O2.C11H18O4.C10H14.C7H14O2.10CH4/c1-6-18(3)20-13-15-21(16-14-20)19(4)17-23(5,7-2)22-11-9-8-10-12-22;1-7-13(2)15-8-10-16(11-9-15)14(3)12-18(4,5)17(19)20-6;1-7(8(2)9(12)15-5)6-11(3,4)10(13)14;1-3-9(2)10-7-5-4-6-8-10;1-5-7(2,3)6(8)9-4;;;;;;;;;;/h8-16,18-19H,6-7,17H2,1-5H3;8-11,13-14H,7,12H2,1-6H3;6H2,1-5H3,(H,13,14);4-9H,3H2,1-2H3;5H2,1-4H3;10*1H4/b;;8-7-;;;;;;;;;;;;. The maximum atomic E-state index is 11.8. The second kappa shape index (κ2) is 52.4. The van der Waals surface area contributed by atoms with E-state index in [1.54, 1.807) is 27.7 Å². The minimum absolute atomic E-state index is 0. The Kier molecular flexibility index (Phi) is 64.0. The van der Waals surface area contributed by atoms with E-state index in [2.05, 4.69) is 188 Å². The molecule has 0 saturated heterocycles.